The Bertz CT molecular complexity index is 332. The lowest BCUT2D eigenvalue weighted by Gasteiger charge is -2.03. The molecule has 0 aromatic heterocycles. The highest BCUT2D eigenvalue weighted by atomic mass is 32.3. The molecule has 7 heteroatoms. The highest BCUT2D eigenvalue weighted by Gasteiger charge is 1.95. The highest BCUT2D eigenvalue weighted by molar-refractivity contribution is 7.79. The van der Waals surface area contributed by atoms with Crippen LogP contribution in [0.2, 0.25) is 0 Å². The van der Waals surface area contributed by atoms with Crippen molar-refractivity contribution in [2.45, 2.75) is 78.1 Å². The summed E-state index contributed by atoms with van der Waals surface area (Å²) in [6.45, 7) is 5.74. The Labute approximate surface area is 135 Å². The van der Waals surface area contributed by atoms with E-state index in [1.807, 2.05) is 0 Å². The summed E-state index contributed by atoms with van der Waals surface area (Å²) in [6, 6.07) is 0. The average molecular weight is 340 g/mol. The SMILES string of the molecule is CCCCOCCCCCCCCCC(C)=O.O=S(=O)(O)O. The molecule has 134 valence electrons. The van der Waals surface area contributed by atoms with Gasteiger partial charge in [0, 0.05) is 19.6 Å². The summed E-state index contributed by atoms with van der Waals surface area (Å²) >= 11 is 0. The van der Waals surface area contributed by atoms with Gasteiger partial charge in [-0.25, -0.2) is 0 Å². The van der Waals surface area contributed by atoms with Crippen LogP contribution in [0.5, 0.6) is 0 Å². The van der Waals surface area contributed by atoms with E-state index in [0.29, 0.717) is 5.78 Å². The summed E-state index contributed by atoms with van der Waals surface area (Å²) in [5.41, 5.74) is 0. The Morgan fingerprint density at radius 2 is 1.27 bits per heavy atom. The Morgan fingerprint density at radius 3 is 1.73 bits per heavy atom. The van der Waals surface area contributed by atoms with Crippen molar-refractivity contribution in [1.82, 2.24) is 0 Å². The molecular weight excluding hydrogens is 308 g/mol. The molecule has 0 aromatic carbocycles. The monoisotopic (exact) mass is 340 g/mol. The minimum Gasteiger partial charge on any atom is -0.381 e. The number of ketones is 1. The van der Waals surface area contributed by atoms with Gasteiger partial charge in [-0.3, -0.25) is 9.11 Å². The van der Waals surface area contributed by atoms with Gasteiger partial charge in [0.15, 0.2) is 0 Å². The summed E-state index contributed by atoms with van der Waals surface area (Å²) in [6.07, 6.45) is 11.9. The zero-order valence-electron chi connectivity index (χ0n) is 13.9. The van der Waals surface area contributed by atoms with Crippen LogP contribution in [0.25, 0.3) is 0 Å². The summed E-state index contributed by atoms with van der Waals surface area (Å²) in [5.74, 6) is 0.328. The first kappa shape index (κ1) is 23.8. The maximum absolute atomic E-state index is 10.7. The normalized spacial score (nSPS) is 10.9. The van der Waals surface area contributed by atoms with Crippen LogP contribution in [-0.2, 0) is 19.9 Å². The molecule has 0 aliphatic heterocycles. The van der Waals surface area contributed by atoms with E-state index in [-0.39, 0.29) is 0 Å². The topological polar surface area (TPSA) is 101 Å². The minimum atomic E-state index is -4.67. The lowest BCUT2D eigenvalue weighted by Crippen LogP contribution is -1.96. The summed E-state index contributed by atoms with van der Waals surface area (Å²) < 4.78 is 37.1. The van der Waals surface area contributed by atoms with Gasteiger partial charge < -0.3 is 9.53 Å². The van der Waals surface area contributed by atoms with Crippen LogP contribution in [0.15, 0.2) is 0 Å². The number of ether oxygens (including phenoxy) is 1. The van der Waals surface area contributed by atoms with E-state index < -0.39 is 10.4 Å². The third kappa shape index (κ3) is 36.6. The molecule has 0 saturated carbocycles. The summed E-state index contributed by atoms with van der Waals surface area (Å²) in [5, 5.41) is 0. The number of carbonyl (C=O) groups excluding carboxylic acids is 1. The average Bonchev–Trinajstić information content (AvgIpc) is 2.38. The molecule has 0 aromatic rings. The van der Waals surface area contributed by atoms with Crippen molar-refractivity contribution in [2.24, 2.45) is 0 Å². The van der Waals surface area contributed by atoms with Crippen molar-refractivity contribution in [2.75, 3.05) is 13.2 Å². The zero-order chi connectivity index (χ0) is 17.3. The number of Topliss-reactive ketones (excluding diaryl/α,β-unsaturated/α-hetero) is 1. The van der Waals surface area contributed by atoms with Gasteiger partial charge in [0.1, 0.15) is 5.78 Å². The lowest BCUT2D eigenvalue weighted by atomic mass is 10.1. The molecule has 0 aliphatic rings. The first-order valence-electron chi connectivity index (χ1n) is 8.04. The van der Waals surface area contributed by atoms with Gasteiger partial charge in [-0.1, -0.05) is 45.4 Å². The fourth-order valence-electron chi connectivity index (χ4n) is 1.81. The lowest BCUT2D eigenvalue weighted by molar-refractivity contribution is -0.117. The fourth-order valence-corrected chi connectivity index (χ4v) is 1.81. The van der Waals surface area contributed by atoms with E-state index in [2.05, 4.69) is 6.92 Å². The molecule has 2 N–H and O–H groups in total. The minimum absolute atomic E-state index is 0.328. The Hall–Kier alpha value is -0.500. The van der Waals surface area contributed by atoms with Crippen LogP contribution in [0.1, 0.15) is 78.1 Å². The Balaban J connectivity index is 0. The number of carbonyl (C=O) groups is 1. The molecule has 0 fully saturated rings. The van der Waals surface area contributed by atoms with E-state index in [1.165, 1.54) is 51.4 Å². The number of hydrogen-bond donors (Lipinski definition) is 2. The van der Waals surface area contributed by atoms with Crippen LogP contribution < -0.4 is 0 Å². The quantitative estimate of drug-likeness (QED) is 0.390. The van der Waals surface area contributed by atoms with Crippen molar-refractivity contribution < 1.29 is 27.1 Å². The van der Waals surface area contributed by atoms with E-state index in [1.54, 1.807) is 6.92 Å². The molecule has 0 heterocycles. The van der Waals surface area contributed by atoms with Crippen molar-refractivity contribution >= 4 is 16.2 Å². The molecule has 0 atom stereocenters. The van der Waals surface area contributed by atoms with Gasteiger partial charge in [-0.15, -0.1) is 0 Å². The van der Waals surface area contributed by atoms with Gasteiger partial charge in [0.2, 0.25) is 0 Å². The largest absolute Gasteiger partial charge is 0.394 e. The smallest absolute Gasteiger partial charge is 0.381 e. The van der Waals surface area contributed by atoms with Crippen molar-refractivity contribution in [3.8, 4) is 0 Å². The van der Waals surface area contributed by atoms with Gasteiger partial charge in [0.25, 0.3) is 0 Å². The van der Waals surface area contributed by atoms with Gasteiger partial charge in [-0.05, 0) is 26.2 Å². The standard InChI is InChI=1S/C15H30O2.H2O4S/c1-3-4-13-17-14-11-9-7-5-6-8-10-12-15(2)16;1-5(2,3)4/h3-14H2,1-2H3;(H2,1,2,3,4). The van der Waals surface area contributed by atoms with Crippen molar-refractivity contribution in [3.05, 3.63) is 0 Å². The molecule has 0 bridgehead atoms. The molecule has 0 radical (unpaired) electrons. The first-order valence-corrected chi connectivity index (χ1v) is 9.44. The van der Waals surface area contributed by atoms with E-state index in [4.69, 9.17) is 22.3 Å². The van der Waals surface area contributed by atoms with Crippen LogP contribution >= 0.6 is 0 Å². The molecule has 0 saturated heterocycles. The van der Waals surface area contributed by atoms with E-state index >= 15 is 0 Å². The van der Waals surface area contributed by atoms with Crippen LogP contribution in [0.4, 0.5) is 0 Å². The van der Waals surface area contributed by atoms with E-state index in [0.717, 1.165) is 26.1 Å². The third-order valence-corrected chi connectivity index (χ3v) is 2.96. The van der Waals surface area contributed by atoms with Crippen LogP contribution in [0, 0.1) is 0 Å². The van der Waals surface area contributed by atoms with Crippen molar-refractivity contribution in [1.29, 1.82) is 0 Å². The second kappa shape index (κ2) is 16.9. The molecule has 0 unspecified atom stereocenters. The number of rotatable bonds is 13. The molecule has 6 nitrogen and oxygen atoms in total. The Morgan fingerprint density at radius 1 is 0.864 bits per heavy atom. The van der Waals surface area contributed by atoms with E-state index in [9.17, 15) is 4.79 Å². The van der Waals surface area contributed by atoms with Crippen LogP contribution in [0.3, 0.4) is 0 Å². The predicted octanol–water partition coefficient (Wildman–Crippen LogP) is 3.86. The molecule has 22 heavy (non-hydrogen) atoms. The summed E-state index contributed by atoms with van der Waals surface area (Å²) in [4.78, 5) is 10.7. The number of hydrogen-bond acceptors (Lipinski definition) is 4. The van der Waals surface area contributed by atoms with Gasteiger partial charge in [-0.2, -0.15) is 8.42 Å². The number of unbranched alkanes of at least 4 members (excludes halogenated alkanes) is 7. The second-order valence-electron chi connectivity index (χ2n) is 5.34. The van der Waals surface area contributed by atoms with Crippen molar-refractivity contribution in [3.63, 3.8) is 0 Å². The second-order valence-corrected chi connectivity index (χ2v) is 6.24. The molecule has 0 amide bonds. The maximum atomic E-state index is 10.7. The zero-order valence-corrected chi connectivity index (χ0v) is 14.7. The molecule has 0 spiro atoms. The predicted molar refractivity (Wildman–Crippen MR) is 87.5 cm³/mol. The summed E-state index contributed by atoms with van der Waals surface area (Å²) in [7, 11) is -4.67. The molecule has 0 aliphatic carbocycles. The van der Waals surface area contributed by atoms with Gasteiger partial charge in [0.05, 0.1) is 0 Å². The maximum Gasteiger partial charge on any atom is 0.394 e. The highest BCUT2D eigenvalue weighted by Crippen LogP contribution is 2.08. The fraction of sp³-hybridized carbons (Fsp3) is 0.933. The van der Waals surface area contributed by atoms with Gasteiger partial charge >= 0.3 is 10.4 Å². The third-order valence-electron chi connectivity index (χ3n) is 2.96. The Kier molecular flexibility index (Phi) is 18.2. The molecular formula is C15H32O6S. The van der Waals surface area contributed by atoms with Crippen LogP contribution in [-0.4, -0.2) is 36.5 Å². The first-order chi connectivity index (χ1) is 10.3. The molecule has 0 rings (SSSR count).